The van der Waals surface area contributed by atoms with E-state index in [2.05, 4.69) is 17.1 Å². The second-order valence-electron chi connectivity index (χ2n) is 7.53. The predicted octanol–water partition coefficient (Wildman–Crippen LogP) is 3.68. The summed E-state index contributed by atoms with van der Waals surface area (Å²) in [7, 11) is 0. The standard InChI is InChI=1S/C23H32N2O5S/c1-4-12-25-15-19(28-5-2)21(29-6-3)18(25)11-13-30-17-9-7-16(8-10-17)14-20-22(26)24-23(27)31-20/h7-10,14,18-19,21H,4-6,11-13,15H2,1-3H3,(H,24,26,27)/b20-14-/t18-,19+,21-/m0/s1. The second kappa shape index (κ2) is 11.7. The molecule has 0 spiro atoms. The molecule has 0 radical (unpaired) electrons. The van der Waals surface area contributed by atoms with Crippen LogP contribution in [0, 0.1) is 0 Å². The molecule has 2 saturated heterocycles. The van der Waals surface area contributed by atoms with Crippen LogP contribution in [0.5, 0.6) is 5.75 Å². The number of benzene rings is 1. The Labute approximate surface area is 188 Å². The number of nitrogens with one attached hydrogen (secondary N) is 1. The van der Waals surface area contributed by atoms with Crippen molar-refractivity contribution in [2.75, 3.05) is 32.9 Å². The molecule has 1 N–H and O–H groups in total. The van der Waals surface area contributed by atoms with E-state index in [1.165, 1.54) is 0 Å². The van der Waals surface area contributed by atoms with Gasteiger partial charge in [-0.3, -0.25) is 19.8 Å². The molecule has 2 aliphatic heterocycles. The van der Waals surface area contributed by atoms with Gasteiger partial charge in [0.05, 0.1) is 17.6 Å². The predicted molar refractivity (Wildman–Crippen MR) is 122 cm³/mol. The second-order valence-corrected chi connectivity index (χ2v) is 8.55. The Hall–Kier alpha value is -1.87. The van der Waals surface area contributed by atoms with Gasteiger partial charge in [0.2, 0.25) is 0 Å². The van der Waals surface area contributed by atoms with Crippen molar-refractivity contribution >= 4 is 29.0 Å². The van der Waals surface area contributed by atoms with Crippen LogP contribution in [-0.2, 0) is 14.3 Å². The highest BCUT2D eigenvalue weighted by Crippen LogP contribution is 2.28. The van der Waals surface area contributed by atoms with E-state index in [1.54, 1.807) is 6.08 Å². The topological polar surface area (TPSA) is 77.1 Å². The molecule has 0 aromatic heterocycles. The maximum absolute atomic E-state index is 11.7. The Balaban J connectivity index is 1.56. The Morgan fingerprint density at radius 1 is 1.13 bits per heavy atom. The number of ether oxygens (including phenoxy) is 3. The number of hydrogen-bond donors (Lipinski definition) is 1. The molecule has 0 bridgehead atoms. The molecule has 2 heterocycles. The molecule has 1 aromatic carbocycles. The SMILES string of the molecule is CCCN1C[C@@H](OCC)[C@@H](OCC)[C@@H]1CCOc1ccc(/C=C2\SC(=O)NC2=O)cc1. The van der Waals surface area contributed by atoms with Crippen LogP contribution in [0.15, 0.2) is 29.2 Å². The fraction of sp³-hybridized carbons (Fsp3) is 0.565. The zero-order valence-electron chi connectivity index (χ0n) is 18.5. The zero-order chi connectivity index (χ0) is 22.2. The summed E-state index contributed by atoms with van der Waals surface area (Å²) in [5, 5.41) is 1.92. The van der Waals surface area contributed by atoms with Crippen LogP contribution in [0.25, 0.3) is 6.08 Å². The molecule has 2 fully saturated rings. The van der Waals surface area contributed by atoms with Crippen molar-refractivity contribution in [2.24, 2.45) is 0 Å². The van der Waals surface area contributed by atoms with Gasteiger partial charge in [0, 0.05) is 25.8 Å². The third-order valence-corrected chi connectivity index (χ3v) is 6.19. The monoisotopic (exact) mass is 448 g/mol. The van der Waals surface area contributed by atoms with E-state index in [9.17, 15) is 9.59 Å². The summed E-state index contributed by atoms with van der Waals surface area (Å²) in [6.07, 6.45) is 3.82. The highest BCUT2D eigenvalue weighted by molar-refractivity contribution is 8.18. The van der Waals surface area contributed by atoms with Crippen LogP contribution in [0.4, 0.5) is 4.79 Å². The lowest BCUT2D eigenvalue weighted by Gasteiger charge is -2.28. The van der Waals surface area contributed by atoms with Gasteiger partial charge >= 0.3 is 0 Å². The summed E-state index contributed by atoms with van der Waals surface area (Å²) in [6, 6.07) is 7.80. The summed E-state index contributed by atoms with van der Waals surface area (Å²) < 4.78 is 18.0. The van der Waals surface area contributed by atoms with E-state index in [0.29, 0.717) is 24.7 Å². The van der Waals surface area contributed by atoms with E-state index in [4.69, 9.17) is 14.2 Å². The summed E-state index contributed by atoms with van der Waals surface area (Å²) in [5.41, 5.74) is 0.848. The van der Waals surface area contributed by atoms with Gasteiger partial charge in [-0.1, -0.05) is 19.1 Å². The minimum Gasteiger partial charge on any atom is -0.494 e. The molecule has 0 aliphatic carbocycles. The largest absolute Gasteiger partial charge is 0.494 e. The van der Waals surface area contributed by atoms with Gasteiger partial charge in [0.25, 0.3) is 11.1 Å². The quantitative estimate of drug-likeness (QED) is 0.518. The summed E-state index contributed by atoms with van der Waals surface area (Å²) in [5.74, 6) is 0.425. The van der Waals surface area contributed by atoms with Gasteiger partial charge in [-0.05, 0) is 68.8 Å². The first kappa shape index (κ1) is 23.8. The first-order valence-corrected chi connectivity index (χ1v) is 11.8. The molecule has 3 atom stereocenters. The van der Waals surface area contributed by atoms with E-state index in [0.717, 1.165) is 49.0 Å². The van der Waals surface area contributed by atoms with Gasteiger partial charge in [0.1, 0.15) is 11.9 Å². The number of rotatable bonds is 11. The summed E-state index contributed by atoms with van der Waals surface area (Å²) >= 11 is 0.916. The number of thioether (sulfide) groups is 1. The van der Waals surface area contributed by atoms with Gasteiger partial charge in [-0.2, -0.15) is 0 Å². The minimum absolute atomic E-state index is 0.0619. The van der Waals surface area contributed by atoms with Crippen LogP contribution in [0.2, 0.25) is 0 Å². The number of carbonyl (C=O) groups is 2. The normalized spacial score (nSPS) is 25.4. The number of amides is 2. The van der Waals surface area contributed by atoms with Crippen LogP contribution >= 0.6 is 11.8 Å². The maximum atomic E-state index is 11.7. The van der Waals surface area contributed by atoms with Crippen LogP contribution in [0.3, 0.4) is 0 Å². The average Bonchev–Trinajstić information content (AvgIpc) is 3.23. The number of nitrogens with zero attached hydrogens (tertiary/aromatic N) is 1. The Bertz CT molecular complexity index is 783. The summed E-state index contributed by atoms with van der Waals surface area (Å²) in [4.78, 5) is 25.8. The van der Waals surface area contributed by atoms with Crippen LogP contribution < -0.4 is 10.1 Å². The molecular formula is C23H32N2O5S. The van der Waals surface area contributed by atoms with Crippen molar-refractivity contribution in [1.82, 2.24) is 10.2 Å². The number of imide groups is 1. The molecule has 2 aliphatic rings. The van der Waals surface area contributed by atoms with Crippen LogP contribution in [-0.4, -0.2) is 67.2 Å². The van der Waals surface area contributed by atoms with Crippen molar-refractivity contribution in [2.45, 2.75) is 51.9 Å². The third-order valence-electron chi connectivity index (χ3n) is 5.38. The van der Waals surface area contributed by atoms with Gasteiger partial charge in [-0.15, -0.1) is 0 Å². The Morgan fingerprint density at radius 2 is 1.87 bits per heavy atom. The zero-order valence-corrected chi connectivity index (χ0v) is 19.3. The lowest BCUT2D eigenvalue weighted by atomic mass is 10.1. The molecule has 1 aromatic rings. The first-order chi connectivity index (χ1) is 15.0. The molecule has 3 rings (SSSR count). The van der Waals surface area contributed by atoms with Gasteiger partial charge in [-0.25, -0.2) is 0 Å². The van der Waals surface area contributed by atoms with Gasteiger partial charge in [0.15, 0.2) is 0 Å². The lowest BCUT2D eigenvalue weighted by molar-refractivity contribution is -0.115. The summed E-state index contributed by atoms with van der Waals surface area (Å²) in [6.45, 7) is 10.1. The molecule has 7 nitrogen and oxygen atoms in total. The van der Waals surface area contributed by atoms with Crippen molar-refractivity contribution in [3.63, 3.8) is 0 Å². The van der Waals surface area contributed by atoms with E-state index in [-0.39, 0.29) is 29.4 Å². The van der Waals surface area contributed by atoms with Crippen molar-refractivity contribution < 1.29 is 23.8 Å². The Kier molecular flexibility index (Phi) is 8.95. The fourth-order valence-corrected chi connectivity index (χ4v) is 4.80. The smallest absolute Gasteiger partial charge is 0.290 e. The minimum atomic E-state index is -0.349. The van der Waals surface area contributed by atoms with Crippen LogP contribution in [0.1, 0.15) is 39.2 Å². The molecule has 8 heteroatoms. The Morgan fingerprint density at radius 3 is 2.48 bits per heavy atom. The number of carbonyl (C=O) groups excluding carboxylic acids is 2. The molecule has 0 unspecified atom stereocenters. The van der Waals surface area contributed by atoms with Gasteiger partial charge < -0.3 is 14.2 Å². The third kappa shape index (κ3) is 6.32. The molecule has 2 amide bonds. The fourth-order valence-electron chi connectivity index (χ4n) is 4.12. The van der Waals surface area contributed by atoms with Crippen molar-refractivity contribution in [1.29, 1.82) is 0 Å². The molecular weight excluding hydrogens is 416 g/mol. The van der Waals surface area contributed by atoms with E-state index >= 15 is 0 Å². The first-order valence-electron chi connectivity index (χ1n) is 11.0. The van der Waals surface area contributed by atoms with E-state index in [1.807, 2.05) is 38.1 Å². The highest BCUT2D eigenvalue weighted by Gasteiger charge is 2.42. The van der Waals surface area contributed by atoms with Crippen molar-refractivity contribution in [3.05, 3.63) is 34.7 Å². The molecule has 170 valence electrons. The maximum Gasteiger partial charge on any atom is 0.290 e. The molecule has 0 saturated carbocycles. The lowest BCUT2D eigenvalue weighted by Crippen LogP contribution is -2.39. The number of hydrogen-bond acceptors (Lipinski definition) is 7. The number of likely N-dealkylation sites (tertiary alicyclic amines) is 1. The van der Waals surface area contributed by atoms with Crippen molar-refractivity contribution in [3.8, 4) is 5.75 Å². The molecule has 31 heavy (non-hydrogen) atoms. The highest BCUT2D eigenvalue weighted by atomic mass is 32.2. The van der Waals surface area contributed by atoms with E-state index < -0.39 is 0 Å². The average molecular weight is 449 g/mol.